The Labute approximate surface area is 125 Å². The molecular weight excluding hydrogens is 268 g/mol. The maximum absolute atomic E-state index is 12.1. The van der Waals surface area contributed by atoms with Crippen molar-refractivity contribution in [3.63, 3.8) is 0 Å². The first-order valence-electron chi connectivity index (χ1n) is 7.42. The van der Waals surface area contributed by atoms with Crippen LogP contribution in [-0.2, 0) is 16.1 Å². The lowest BCUT2D eigenvalue weighted by molar-refractivity contribution is -0.156. The number of carbonyl (C=O) groups excluding carboxylic acids is 2. The summed E-state index contributed by atoms with van der Waals surface area (Å²) in [6.45, 7) is 7.06. The van der Waals surface area contributed by atoms with Gasteiger partial charge in [0.1, 0.15) is 5.82 Å². The summed E-state index contributed by atoms with van der Waals surface area (Å²) in [6, 6.07) is 3.81. The average Bonchev–Trinajstić information content (AvgIpc) is 2.50. The van der Waals surface area contributed by atoms with Gasteiger partial charge in [0.2, 0.25) is 0 Å². The van der Waals surface area contributed by atoms with Crippen molar-refractivity contribution < 1.29 is 9.59 Å². The summed E-state index contributed by atoms with van der Waals surface area (Å²) in [5, 5.41) is 3.22. The van der Waals surface area contributed by atoms with Crippen LogP contribution in [0, 0.1) is 0 Å². The van der Waals surface area contributed by atoms with Crippen LogP contribution in [0.2, 0.25) is 0 Å². The van der Waals surface area contributed by atoms with E-state index in [0.717, 1.165) is 24.3 Å². The molecule has 1 fully saturated rings. The molecule has 0 aliphatic carbocycles. The molecule has 0 bridgehead atoms. The molecule has 0 atom stereocenters. The van der Waals surface area contributed by atoms with E-state index in [1.165, 1.54) is 0 Å². The normalized spacial score (nSPS) is 15.5. The molecule has 6 heteroatoms. The predicted octanol–water partition coefficient (Wildman–Crippen LogP) is 1.09. The van der Waals surface area contributed by atoms with E-state index in [2.05, 4.69) is 17.2 Å². The number of amides is 2. The van der Waals surface area contributed by atoms with Crippen molar-refractivity contribution in [3.05, 3.63) is 23.9 Å². The van der Waals surface area contributed by atoms with Crippen molar-refractivity contribution in [1.82, 2.24) is 14.8 Å². The fourth-order valence-electron chi connectivity index (χ4n) is 2.31. The highest BCUT2D eigenvalue weighted by atomic mass is 16.2. The molecule has 1 saturated heterocycles. The van der Waals surface area contributed by atoms with E-state index in [-0.39, 0.29) is 0 Å². The number of likely N-dealkylation sites (N-methyl/N-ethyl adjacent to an activating group) is 1. The van der Waals surface area contributed by atoms with Crippen LogP contribution in [0.4, 0.5) is 5.82 Å². The van der Waals surface area contributed by atoms with E-state index < -0.39 is 11.8 Å². The minimum absolute atomic E-state index is 0.401. The van der Waals surface area contributed by atoms with Gasteiger partial charge < -0.3 is 15.1 Å². The zero-order valence-electron chi connectivity index (χ0n) is 12.6. The van der Waals surface area contributed by atoms with Gasteiger partial charge in [-0.05, 0) is 31.0 Å². The molecule has 0 saturated carbocycles. The molecule has 0 spiro atoms. The highest BCUT2D eigenvalue weighted by molar-refractivity contribution is 6.35. The van der Waals surface area contributed by atoms with Gasteiger partial charge in [-0.3, -0.25) is 9.59 Å². The number of rotatable bonds is 6. The number of aromatic nitrogens is 1. The lowest BCUT2D eigenvalue weighted by Crippen LogP contribution is -2.53. The summed E-state index contributed by atoms with van der Waals surface area (Å²) < 4.78 is 0. The Morgan fingerprint density at radius 3 is 2.62 bits per heavy atom. The highest BCUT2D eigenvalue weighted by Gasteiger charge is 2.31. The predicted molar refractivity (Wildman–Crippen MR) is 80.7 cm³/mol. The van der Waals surface area contributed by atoms with E-state index in [1.54, 1.807) is 16.0 Å². The second kappa shape index (κ2) is 7.06. The monoisotopic (exact) mass is 290 g/mol. The average molecular weight is 290 g/mol. The molecule has 0 radical (unpaired) electrons. The lowest BCUT2D eigenvalue weighted by atomic mass is 10.2. The summed E-state index contributed by atoms with van der Waals surface area (Å²) >= 11 is 0. The third kappa shape index (κ3) is 3.71. The van der Waals surface area contributed by atoms with Crippen LogP contribution in [0.3, 0.4) is 0 Å². The van der Waals surface area contributed by atoms with Crippen molar-refractivity contribution in [2.45, 2.75) is 26.8 Å². The molecule has 0 aromatic carbocycles. The number of anilines is 1. The van der Waals surface area contributed by atoms with Gasteiger partial charge in [-0.1, -0.05) is 6.92 Å². The van der Waals surface area contributed by atoms with E-state index in [1.807, 2.05) is 19.1 Å². The fourth-order valence-corrected chi connectivity index (χ4v) is 2.31. The van der Waals surface area contributed by atoms with Gasteiger partial charge in [0.15, 0.2) is 0 Å². The van der Waals surface area contributed by atoms with Crippen LogP contribution >= 0.6 is 0 Å². The molecule has 2 heterocycles. The summed E-state index contributed by atoms with van der Waals surface area (Å²) in [4.78, 5) is 31.4. The molecule has 21 heavy (non-hydrogen) atoms. The molecular formula is C15H22N4O2. The molecule has 2 amide bonds. The summed E-state index contributed by atoms with van der Waals surface area (Å²) in [6.07, 6.45) is 2.75. The van der Waals surface area contributed by atoms with Crippen molar-refractivity contribution in [2.75, 3.05) is 31.5 Å². The van der Waals surface area contributed by atoms with E-state index in [4.69, 9.17) is 0 Å². The first kappa shape index (κ1) is 15.3. The lowest BCUT2D eigenvalue weighted by Gasteiger charge is -2.33. The molecule has 1 N–H and O–H groups in total. The first-order valence-corrected chi connectivity index (χ1v) is 7.42. The van der Waals surface area contributed by atoms with Crippen LogP contribution < -0.4 is 5.32 Å². The Morgan fingerprint density at radius 1 is 1.19 bits per heavy atom. The van der Waals surface area contributed by atoms with Crippen LogP contribution in [0.5, 0.6) is 0 Å². The number of piperazine rings is 1. The van der Waals surface area contributed by atoms with Crippen LogP contribution in [0.15, 0.2) is 18.3 Å². The third-order valence-corrected chi connectivity index (χ3v) is 3.53. The largest absolute Gasteiger partial charge is 0.370 e. The molecule has 0 unspecified atom stereocenters. The molecule has 1 aliphatic heterocycles. The topological polar surface area (TPSA) is 65.5 Å². The van der Waals surface area contributed by atoms with Crippen LogP contribution in [0.1, 0.15) is 25.8 Å². The van der Waals surface area contributed by atoms with Crippen molar-refractivity contribution in [3.8, 4) is 0 Å². The number of nitrogens with one attached hydrogen (secondary N) is 1. The maximum atomic E-state index is 12.1. The van der Waals surface area contributed by atoms with Crippen LogP contribution in [0.25, 0.3) is 0 Å². The molecule has 2 rings (SSSR count). The number of nitrogens with zero attached hydrogens (tertiary/aromatic N) is 3. The second-order valence-corrected chi connectivity index (χ2v) is 5.09. The highest BCUT2D eigenvalue weighted by Crippen LogP contribution is 2.13. The molecule has 6 nitrogen and oxygen atoms in total. The van der Waals surface area contributed by atoms with Gasteiger partial charge in [-0.2, -0.15) is 0 Å². The zero-order valence-corrected chi connectivity index (χ0v) is 12.6. The number of carbonyl (C=O) groups is 2. The fraction of sp³-hybridized carbons (Fsp3) is 0.533. The molecule has 1 aliphatic rings. The van der Waals surface area contributed by atoms with Crippen molar-refractivity contribution >= 4 is 17.6 Å². The Balaban J connectivity index is 2.01. The number of hydrogen-bond donors (Lipinski definition) is 1. The Morgan fingerprint density at radius 2 is 1.90 bits per heavy atom. The Hall–Kier alpha value is -2.11. The van der Waals surface area contributed by atoms with Gasteiger partial charge >= 0.3 is 11.8 Å². The quantitative estimate of drug-likeness (QED) is 0.797. The minimum atomic E-state index is -0.414. The van der Waals surface area contributed by atoms with Gasteiger partial charge in [0.25, 0.3) is 0 Å². The van der Waals surface area contributed by atoms with E-state index in [0.29, 0.717) is 26.2 Å². The summed E-state index contributed by atoms with van der Waals surface area (Å²) in [5.74, 6) is -0.00885. The molecule has 1 aromatic rings. The summed E-state index contributed by atoms with van der Waals surface area (Å²) in [7, 11) is 0. The minimum Gasteiger partial charge on any atom is -0.370 e. The number of pyridine rings is 1. The van der Waals surface area contributed by atoms with Crippen LogP contribution in [-0.4, -0.2) is 52.8 Å². The Kier molecular flexibility index (Phi) is 5.14. The van der Waals surface area contributed by atoms with E-state index >= 15 is 0 Å². The summed E-state index contributed by atoms with van der Waals surface area (Å²) in [5.41, 5.74) is 0.981. The Bertz CT molecular complexity index is 518. The van der Waals surface area contributed by atoms with Crippen molar-refractivity contribution in [2.24, 2.45) is 0 Å². The van der Waals surface area contributed by atoms with Gasteiger partial charge in [-0.15, -0.1) is 0 Å². The second-order valence-electron chi connectivity index (χ2n) is 5.09. The van der Waals surface area contributed by atoms with Gasteiger partial charge in [0.05, 0.1) is 0 Å². The zero-order chi connectivity index (χ0) is 15.2. The van der Waals surface area contributed by atoms with E-state index in [9.17, 15) is 9.59 Å². The SMILES string of the molecule is CCCNc1cc(CN2CCN(CC)C(=O)C2=O)ccn1. The smallest absolute Gasteiger partial charge is 0.312 e. The maximum Gasteiger partial charge on any atom is 0.312 e. The van der Waals surface area contributed by atoms with Gasteiger partial charge in [0, 0.05) is 38.9 Å². The van der Waals surface area contributed by atoms with Gasteiger partial charge in [-0.25, -0.2) is 4.98 Å². The first-order chi connectivity index (χ1) is 10.2. The third-order valence-electron chi connectivity index (χ3n) is 3.53. The van der Waals surface area contributed by atoms with Crippen molar-refractivity contribution in [1.29, 1.82) is 0 Å². The molecule has 1 aromatic heterocycles. The molecule has 114 valence electrons. The standard InChI is InChI=1S/C15H22N4O2/c1-3-6-16-13-10-12(5-7-17-13)11-19-9-8-18(4-2)14(20)15(19)21/h5,7,10H,3-4,6,8-9,11H2,1-2H3,(H,16,17). The number of hydrogen-bond acceptors (Lipinski definition) is 4.